The lowest BCUT2D eigenvalue weighted by atomic mass is 9.33. The molecule has 4 saturated carbocycles. The van der Waals surface area contributed by atoms with Crippen LogP contribution in [0.1, 0.15) is 113 Å². The van der Waals surface area contributed by atoms with Gasteiger partial charge >= 0.3 is 5.97 Å². The second-order valence-electron chi connectivity index (χ2n) is 25.7. The fourth-order valence-electron chi connectivity index (χ4n) is 16.3. The topological polar surface area (TPSA) is 354 Å². The number of carboxylic acids is 1. The smallest absolute Gasteiger partial charge is 0.310 e. The van der Waals surface area contributed by atoms with Crippen LogP contribution in [0.25, 0.3) is 0 Å². The standard InChI is InChI=1S/C53H86O22/c1-23-32(57)41(74-44-39(64)37(62)34(59)27(20-55)71-44)40(65)45(69-23)75-42-35(60)28(72-43-38(63)36(61)33(58)26(19-54)70-43)21-68-46(42)73-31-11-12-49(4)29(50(31,5)22-56)10-13-52(7)30(49)9-8-24-25-18-48(2,3)14-16-53(25,47(66)67)17-15-51(24,52)6/h8,23,25-46,54-65H,9-22H2,1-7H3,(H,66,67)/t23-,25-,26+,27+,28-,29+,30+,31-,32-,33+,34+,35-,36-,37-,38+,39+,40+,41+,42+,43-,44-,45-,46-,49-,50-,51+,52+,53-/m0/s1. The molecule has 430 valence electrons. The molecule has 9 aliphatic rings. The van der Waals surface area contributed by atoms with E-state index < -0.39 is 159 Å². The number of hydrogen-bond donors (Lipinski definition) is 13. The Hall–Kier alpha value is -1.59. The molecular weight excluding hydrogens is 989 g/mol. The van der Waals surface area contributed by atoms with Crippen molar-refractivity contribution in [1.82, 2.24) is 0 Å². The van der Waals surface area contributed by atoms with Gasteiger partial charge in [0, 0.05) is 5.41 Å². The molecule has 4 heterocycles. The Bertz CT molecular complexity index is 2060. The zero-order valence-corrected chi connectivity index (χ0v) is 44.2. The summed E-state index contributed by atoms with van der Waals surface area (Å²) >= 11 is 0. The first-order valence-corrected chi connectivity index (χ1v) is 27.3. The summed E-state index contributed by atoms with van der Waals surface area (Å²) in [5.41, 5.74) is -1.07. The molecule has 0 amide bonds. The predicted molar refractivity (Wildman–Crippen MR) is 257 cm³/mol. The van der Waals surface area contributed by atoms with E-state index in [-0.39, 0.29) is 46.0 Å². The predicted octanol–water partition coefficient (Wildman–Crippen LogP) is -0.830. The summed E-state index contributed by atoms with van der Waals surface area (Å²) in [6, 6.07) is 0. The number of aliphatic hydroxyl groups is 12. The maximum Gasteiger partial charge on any atom is 0.310 e. The van der Waals surface area contributed by atoms with E-state index in [2.05, 4.69) is 40.7 Å². The van der Waals surface area contributed by atoms with E-state index >= 15 is 0 Å². The molecule has 22 heteroatoms. The number of fused-ring (bicyclic) bond motifs is 7. The summed E-state index contributed by atoms with van der Waals surface area (Å²) in [5, 5.41) is 141. The Morgan fingerprint density at radius 1 is 0.613 bits per heavy atom. The van der Waals surface area contributed by atoms with Crippen LogP contribution >= 0.6 is 0 Å². The van der Waals surface area contributed by atoms with Gasteiger partial charge in [-0.25, -0.2) is 0 Å². The summed E-state index contributed by atoms with van der Waals surface area (Å²) in [7, 11) is 0. The van der Waals surface area contributed by atoms with E-state index in [9.17, 15) is 71.2 Å². The fourth-order valence-corrected chi connectivity index (χ4v) is 16.3. The maximum atomic E-state index is 13.2. The van der Waals surface area contributed by atoms with Crippen LogP contribution in [0.2, 0.25) is 0 Å². The second kappa shape index (κ2) is 21.1. The minimum atomic E-state index is -1.93. The Balaban J connectivity index is 0.985. The van der Waals surface area contributed by atoms with Gasteiger partial charge in [-0.1, -0.05) is 53.2 Å². The van der Waals surface area contributed by atoms with Crippen LogP contribution in [0.4, 0.5) is 0 Å². The first-order chi connectivity index (χ1) is 35.2. The van der Waals surface area contributed by atoms with E-state index in [4.69, 9.17) is 37.9 Å². The van der Waals surface area contributed by atoms with Crippen molar-refractivity contribution in [3.8, 4) is 0 Å². The summed E-state index contributed by atoms with van der Waals surface area (Å²) < 4.78 is 48.6. The highest BCUT2D eigenvalue weighted by Gasteiger charge is 2.70. The molecule has 4 saturated heterocycles. The van der Waals surface area contributed by atoms with Gasteiger partial charge in [0.1, 0.15) is 85.5 Å². The van der Waals surface area contributed by atoms with Crippen LogP contribution in [0.5, 0.6) is 0 Å². The number of aliphatic carboxylic acids is 1. The number of rotatable bonds is 12. The van der Waals surface area contributed by atoms with Gasteiger partial charge in [0.15, 0.2) is 25.2 Å². The SMILES string of the molecule is C[C@@H]1O[C@@H](O[C@H]2[C@H](O[C@H]3CC[C@@]4(C)[C@@H](CC[C@]5(C)[C@@H]4CC=C4[C@@H]6CC(C)(C)CC[C@]6(C(=O)O)CC[C@]45C)[C@]3(C)CO)OC[C@H](O[C@@H]3O[C@H](CO)[C@@H](O)[C@H](O)[C@H]3O)[C@@H]2O)[C@H](O)[C@H](O[C@@H]2O[C@H](CO)[C@@H](O)[C@H](O)[C@H]2O)[C@H]1O. The van der Waals surface area contributed by atoms with Crippen molar-refractivity contribution in [2.24, 2.45) is 50.2 Å². The number of carboxylic acid groups (broad SMARTS) is 1. The molecule has 0 unspecified atom stereocenters. The largest absolute Gasteiger partial charge is 0.481 e. The van der Waals surface area contributed by atoms with Crippen LogP contribution < -0.4 is 0 Å². The van der Waals surface area contributed by atoms with Crippen LogP contribution in [0.3, 0.4) is 0 Å². The minimum absolute atomic E-state index is 0.0179. The van der Waals surface area contributed by atoms with Crippen molar-refractivity contribution in [2.45, 2.75) is 235 Å². The van der Waals surface area contributed by atoms with E-state index in [1.807, 2.05) is 6.92 Å². The molecule has 4 aliphatic heterocycles. The quantitative estimate of drug-likeness (QED) is 0.0838. The first kappa shape index (κ1) is 58.1. The number of allylic oxidation sites excluding steroid dienone is 2. The van der Waals surface area contributed by atoms with Crippen LogP contribution in [-0.4, -0.2) is 222 Å². The van der Waals surface area contributed by atoms with E-state index in [0.717, 1.165) is 38.5 Å². The summed E-state index contributed by atoms with van der Waals surface area (Å²) in [4.78, 5) is 13.2. The first-order valence-electron chi connectivity index (χ1n) is 27.3. The molecule has 8 fully saturated rings. The molecule has 0 radical (unpaired) electrons. The van der Waals surface area contributed by atoms with Gasteiger partial charge in [0.25, 0.3) is 0 Å². The Morgan fingerprint density at radius 2 is 1.20 bits per heavy atom. The third-order valence-electron chi connectivity index (χ3n) is 21.2. The normalized spacial score (nSPS) is 54.9. The van der Waals surface area contributed by atoms with Gasteiger partial charge in [-0.15, -0.1) is 0 Å². The Labute approximate surface area is 437 Å². The average molecular weight is 1080 g/mol. The number of ether oxygens (including phenoxy) is 8. The zero-order valence-electron chi connectivity index (χ0n) is 44.2. The van der Waals surface area contributed by atoms with Gasteiger partial charge in [0.2, 0.25) is 0 Å². The Kier molecular flexibility index (Phi) is 16.3. The van der Waals surface area contributed by atoms with Gasteiger partial charge in [-0.05, 0) is 111 Å². The minimum Gasteiger partial charge on any atom is -0.481 e. The highest BCUT2D eigenvalue weighted by molar-refractivity contribution is 5.76. The molecule has 0 spiro atoms. The maximum absolute atomic E-state index is 13.2. The number of aliphatic hydroxyl groups excluding tert-OH is 12. The molecule has 22 nitrogen and oxygen atoms in total. The highest BCUT2D eigenvalue weighted by atomic mass is 16.8. The molecule has 5 aliphatic carbocycles. The molecule has 28 atom stereocenters. The third-order valence-corrected chi connectivity index (χ3v) is 21.2. The van der Waals surface area contributed by atoms with E-state index in [1.165, 1.54) is 12.5 Å². The lowest BCUT2D eigenvalue weighted by molar-refractivity contribution is -0.391. The summed E-state index contributed by atoms with van der Waals surface area (Å²) in [6.45, 7) is 12.8. The van der Waals surface area contributed by atoms with Crippen LogP contribution in [0.15, 0.2) is 11.6 Å². The van der Waals surface area contributed by atoms with Crippen LogP contribution in [0, 0.1) is 50.2 Å². The van der Waals surface area contributed by atoms with Gasteiger partial charge in [-0.3, -0.25) is 4.79 Å². The lowest BCUT2D eigenvalue weighted by Crippen LogP contribution is -2.67. The van der Waals surface area contributed by atoms with Gasteiger partial charge < -0.3 is 104 Å². The monoisotopic (exact) mass is 1070 g/mol. The molecule has 13 N–H and O–H groups in total. The highest BCUT2D eigenvalue weighted by Crippen LogP contribution is 2.76. The van der Waals surface area contributed by atoms with Crippen molar-refractivity contribution in [2.75, 3.05) is 26.4 Å². The van der Waals surface area contributed by atoms with E-state index in [0.29, 0.717) is 25.7 Å². The number of hydrogen-bond acceptors (Lipinski definition) is 21. The van der Waals surface area contributed by atoms with Gasteiger partial charge in [-0.2, -0.15) is 0 Å². The summed E-state index contributed by atoms with van der Waals surface area (Å²) in [5.74, 6) is -0.638. The molecule has 0 aromatic heterocycles. The zero-order chi connectivity index (χ0) is 54.7. The fraction of sp³-hybridized carbons (Fsp3) is 0.943. The van der Waals surface area contributed by atoms with Crippen LogP contribution in [-0.2, 0) is 42.7 Å². The molecule has 9 rings (SSSR count). The van der Waals surface area contributed by atoms with Crippen molar-refractivity contribution in [3.63, 3.8) is 0 Å². The molecule has 0 aromatic rings. The van der Waals surface area contributed by atoms with Gasteiger partial charge in [0.05, 0.1) is 44.1 Å². The van der Waals surface area contributed by atoms with Crippen molar-refractivity contribution >= 4 is 5.97 Å². The second-order valence-corrected chi connectivity index (χ2v) is 25.7. The summed E-state index contributed by atoms with van der Waals surface area (Å²) in [6.07, 6.45) is -22.5. The molecular formula is C53H86O22. The van der Waals surface area contributed by atoms with E-state index in [1.54, 1.807) is 0 Å². The molecule has 0 aromatic carbocycles. The van der Waals surface area contributed by atoms with Crippen molar-refractivity contribution in [1.29, 1.82) is 0 Å². The molecule has 0 bridgehead atoms. The Morgan fingerprint density at radius 3 is 1.80 bits per heavy atom. The van der Waals surface area contributed by atoms with Crippen molar-refractivity contribution in [3.05, 3.63) is 11.6 Å². The lowest BCUT2D eigenvalue weighted by Gasteiger charge is -2.71. The average Bonchev–Trinajstić information content (AvgIpc) is 3.43. The third kappa shape index (κ3) is 9.40. The van der Waals surface area contributed by atoms with Crippen molar-refractivity contribution < 1.29 is 109 Å². The number of carbonyl (C=O) groups is 1. The molecule has 75 heavy (non-hydrogen) atoms.